The van der Waals surface area contributed by atoms with Crippen LogP contribution in [0.5, 0.6) is 0 Å². The fourth-order valence-corrected chi connectivity index (χ4v) is 10.1. The third-order valence-corrected chi connectivity index (χ3v) is 14.7. The Morgan fingerprint density at radius 2 is 0.523 bits per heavy atom. The van der Waals surface area contributed by atoms with Gasteiger partial charge in [0, 0.05) is 0 Å². The van der Waals surface area contributed by atoms with E-state index < -0.39 is 18.2 Å². The van der Waals surface area contributed by atoms with Crippen molar-refractivity contribution < 1.29 is 20.1 Å². The lowest BCUT2D eigenvalue weighted by molar-refractivity contribution is -0.125. The zero-order chi connectivity index (χ0) is 47.2. The molecule has 0 saturated heterocycles. The molecule has 0 saturated carbocycles. The number of nitrogens with one attached hydrogen (secondary N) is 1. The topological polar surface area (TPSA) is 89.8 Å². The highest BCUT2D eigenvalue weighted by Gasteiger charge is 2.21. The average Bonchev–Trinajstić information content (AvgIpc) is 3.30. The Morgan fingerprint density at radius 3 is 0.738 bits per heavy atom. The molecule has 0 heterocycles. The molecule has 0 radical (unpaired) electrons. The van der Waals surface area contributed by atoms with E-state index in [-0.39, 0.29) is 18.9 Å². The van der Waals surface area contributed by atoms with E-state index in [0.717, 1.165) is 25.7 Å². The minimum atomic E-state index is -0.746. The lowest BCUT2D eigenvalue weighted by atomic mass is 10.0. The second-order valence-electron chi connectivity index (χ2n) is 21.3. The molecule has 4 N–H and O–H groups in total. The van der Waals surface area contributed by atoms with Gasteiger partial charge in [-0.25, -0.2) is 0 Å². The summed E-state index contributed by atoms with van der Waals surface area (Å²) in [6.07, 6.45) is 68.5. The molecule has 0 aromatic carbocycles. The van der Waals surface area contributed by atoms with E-state index in [0.29, 0.717) is 12.8 Å². The van der Waals surface area contributed by atoms with Gasteiger partial charge in [-0.2, -0.15) is 0 Å². The molecule has 390 valence electrons. The Bertz CT molecular complexity index is 883. The Morgan fingerprint density at radius 1 is 0.323 bits per heavy atom. The molecule has 0 fully saturated rings. The summed E-state index contributed by atoms with van der Waals surface area (Å²) >= 11 is 0. The van der Waals surface area contributed by atoms with Crippen molar-refractivity contribution in [2.24, 2.45) is 0 Å². The maximum Gasteiger partial charge on any atom is 0.222 e. The monoisotopic (exact) mass is 920 g/mol. The molecule has 0 aliphatic carbocycles. The molecular weight excluding hydrogens is 799 g/mol. The van der Waals surface area contributed by atoms with Gasteiger partial charge in [-0.3, -0.25) is 4.79 Å². The molecule has 65 heavy (non-hydrogen) atoms. The van der Waals surface area contributed by atoms with E-state index in [1.807, 2.05) is 0 Å². The predicted molar refractivity (Wildman–Crippen MR) is 287 cm³/mol. The van der Waals surface area contributed by atoms with Crippen LogP contribution in [0, 0.1) is 0 Å². The van der Waals surface area contributed by atoms with E-state index in [1.165, 1.54) is 295 Å². The van der Waals surface area contributed by atoms with E-state index in [1.54, 1.807) is 0 Å². The van der Waals surface area contributed by atoms with Gasteiger partial charge in [0.05, 0.1) is 31.3 Å². The average molecular weight is 921 g/mol. The Hall–Kier alpha value is -0.650. The summed E-state index contributed by atoms with van der Waals surface area (Å²) in [6.45, 7) is 4.32. The fraction of sp³-hybridized carbons (Fsp3) is 0.983. The molecule has 0 rings (SSSR count). The summed E-state index contributed by atoms with van der Waals surface area (Å²) < 4.78 is 0. The Labute approximate surface area is 408 Å². The second-order valence-corrected chi connectivity index (χ2v) is 21.3. The molecule has 3 unspecified atom stereocenters. The maximum absolute atomic E-state index is 12.6. The van der Waals surface area contributed by atoms with Gasteiger partial charge in [-0.15, -0.1) is 0 Å². The van der Waals surface area contributed by atoms with Crippen LogP contribution in [-0.2, 0) is 4.79 Å². The SMILES string of the molecule is CCCCCCCCCCCCCCCCCCCCCCCCCCCCCCC(O)CC(=O)NC(CO)C(O)CCCCCCCCCCCCCCCCCCCCCCCC. The first-order valence-electron chi connectivity index (χ1n) is 30.3. The highest BCUT2D eigenvalue weighted by Crippen LogP contribution is 2.19. The number of rotatable bonds is 57. The molecule has 0 aliphatic heterocycles. The van der Waals surface area contributed by atoms with Crippen LogP contribution in [0.15, 0.2) is 0 Å². The van der Waals surface area contributed by atoms with Crippen LogP contribution >= 0.6 is 0 Å². The van der Waals surface area contributed by atoms with E-state index >= 15 is 0 Å². The summed E-state index contributed by atoms with van der Waals surface area (Å²) in [4.78, 5) is 12.6. The molecule has 0 aliphatic rings. The second kappa shape index (κ2) is 55.9. The normalized spacial score (nSPS) is 13.1. The van der Waals surface area contributed by atoms with Crippen LogP contribution in [0.4, 0.5) is 0 Å². The highest BCUT2D eigenvalue weighted by atomic mass is 16.3. The molecule has 1 amide bonds. The van der Waals surface area contributed by atoms with Crippen LogP contribution < -0.4 is 5.32 Å². The van der Waals surface area contributed by atoms with Gasteiger partial charge in [-0.1, -0.05) is 335 Å². The summed E-state index contributed by atoms with van der Waals surface area (Å²) in [5, 5.41) is 33.7. The van der Waals surface area contributed by atoms with Gasteiger partial charge in [0.15, 0.2) is 0 Å². The predicted octanol–water partition coefficient (Wildman–Crippen LogP) is 18.9. The summed E-state index contributed by atoms with van der Waals surface area (Å²) in [5.41, 5.74) is 0. The smallest absolute Gasteiger partial charge is 0.222 e. The van der Waals surface area contributed by atoms with Gasteiger partial charge < -0.3 is 20.6 Å². The molecule has 5 heteroatoms. The summed E-state index contributed by atoms with van der Waals surface area (Å²) in [5.74, 6) is -0.273. The van der Waals surface area contributed by atoms with Crippen molar-refractivity contribution in [3.8, 4) is 0 Å². The largest absolute Gasteiger partial charge is 0.394 e. The minimum Gasteiger partial charge on any atom is -0.394 e. The van der Waals surface area contributed by atoms with Crippen molar-refractivity contribution in [3.05, 3.63) is 0 Å². The van der Waals surface area contributed by atoms with Gasteiger partial charge in [0.2, 0.25) is 5.91 Å². The first kappa shape index (κ1) is 64.3. The van der Waals surface area contributed by atoms with Crippen molar-refractivity contribution in [1.82, 2.24) is 5.32 Å². The molecule has 5 nitrogen and oxygen atoms in total. The minimum absolute atomic E-state index is 0.0438. The zero-order valence-corrected chi connectivity index (χ0v) is 44.7. The van der Waals surface area contributed by atoms with Crippen LogP contribution in [0.2, 0.25) is 0 Å². The highest BCUT2D eigenvalue weighted by molar-refractivity contribution is 5.76. The third-order valence-electron chi connectivity index (χ3n) is 14.7. The Kier molecular flexibility index (Phi) is 55.4. The lowest BCUT2D eigenvalue weighted by Gasteiger charge is -2.23. The molecular formula is C60H121NO4. The standard InChI is InChI=1S/C60H121NO4/c1-3-5-7-9-11-13-15-17-19-21-23-25-27-28-29-30-31-32-33-35-37-39-41-43-45-47-49-51-53-57(63)55-60(65)61-58(56-62)59(64)54-52-50-48-46-44-42-40-38-36-34-26-24-22-20-18-16-14-12-10-8-6-4-2/h57-59,62-64H,3-56H2,1-2H3,(H,61,65). The van der Waals surface area contributed by atoms with Gasteiger partial charge in [0.25, 0.3) is 0 Å². The number of aliphatic hydroxyl groups excluding tert-OH is 3. The molecule has 0 bridgehead atoms. The first-order valence-corrected chi connectivity index (χ1v) is 30.3. The quantitative estimate of drug-likeness (QED) is 0.0458. The van der Waals surface area contributed by atoms with Gasteiger partial charge in [0.1, 0.15) is 0 Å². The van der Waals surface area contributed by atoms with Crippen molar-refractivity contribution in [2.75, 3.05) is 6.61 Å². The van der Waals surface area contributed by atoms with Crippen molar-refractivity contribution in [2.45, 2.75) is 372 Å². The van der Waals surface area contributed by atoms with Crippen molar-refractivity contribution >= 4 is 5.91 Å². The number of carbonyl (C=O) groups excluding carboxylic acids is 1. The van der Waals surface area contributed by atoms with Crippen molar-refractivity contribution in [3.63, 3.8) is 0 Å². The first-order chi connectivity index (χ1) is 32.0. The van der Waals surface area contributed by atoms with E-state index in [4.69, 9.17) is 0 Å². The van der Waals surface area contributed by atoms with Gasteiger partial charge >= 0.3 is 0 Å². The number of unbranched alkanes of at least 4 members (excludes halogenated alkanes) is 48. The van der Waals surface area contributed by atoms with Crippen LogP contribution in [0.3, 0.4) is 0 Å². The zero-order valence-electron chi connectivity index (χ0n) is 44.7. The Balaban J connectivity index is 3.46. The number of aliphatic hydroxyl groups is 3. The fourth-order valence-electron chi connectivity index (χ4n) is 10.1. The molecule has 0 aromatic heterocycles. The van der Waals surface area contributed by atoms with Crippen LogP contribution in [-0.4, -0.2) is 46.1 Å². The van der Waals surface area contributed by atoms with Crippen LogP contribution in [0.1, 0.15) is 354 Å². The number of hydrogen-bond acceptors (Lipinski definition) is 4. The third kappa shape index (κ3) is 52.6. The summed E-state index contributed by atoms with van der Waals surface area (Å²) in [7, 11) is 0. The van der Waals surface area contributed by atoms with E-state index in [9.17, 15) is 20.1 Å². The maximum atomic E-state index is 12.6. The number of carbonyl (C=O) groups is 1. The lowest BCUT2D eigenvalue weighted by Crippen LogP contribution is -2.46. The summed E-state index contributed by atoms with van der Waals surface area (Å²) in [6, 6.07) is -0.654. The van der Waals surface area contributed by atoms with Crippen molar-refractivity contribution in [1.29, 1.82) is 0 Å². The van der Waals surface area contributed by atoms with Crippen LogP contribution in [0.25, 0.3) is 0 Å². The molecule has 0 spiro atoms. The van der Waals surface area contributed by atoms with Gasteiger partial charge in [-0.05, 0) is 12.8 Å². The number of amides is 1. The molecule has 3 atom stereocenters. The van der Waals surface area contributed by atoms with E-state index in [2.05, 4.69) is 19.2 Å². The molecule has 0 aromatic rings. The number of hydrogen-bond donors (Lipinski definition) is 4.